The fourth-order valence-electron chi connectivity index (χ4n) is 1.11. The van der Waals surface area contributed by atoms with Gasteiger partial charge in [-0.1, -0.05) is 24.6 Å². The largest absolute Gasteiger partial charge is 0.492 e. The predicted octanol–water partition coefficient (Wildman–Crippen LogP) is 3.18. The molecule has 78 valence electrons. The van der Waals surface area contributed by atoms with E-state index in [9.17, 15) is 5.11 Å². The van der Waals surface area contributed by atoms with E-state index in [0.29, 0.717) is 17.4 Å². The standard InChI is InChI=1S/C11H15ClO2/c1-3-6-14-11-5-4-9(8(2)13)7-10(11)12/h4-5,7-8,13H,3,6H2,1-2H3/t8-/m0/s1. The first kappa shape index (κ1) is 11.3. The molecule has 1 atom stereocenters. The molecule has 0 heterocycles. The molecule has 14 heavy (non-hydrogen) atoms. The van der Waals surface area contributed by atoms with Crippen molar-refractivity contribution in [3.8, 4) is 5.75 Å². The van der Waals surface area contributed by atoms with Crippen molar-refractivity contribution < 1.29 is 9.84 Å². The Labute approximate surface area is 89.5 Å². The van der Waals surface area contributed by atoms with E-state index in [-0.39, 0.29) is 0 Å². The molecule has 0 saturated carbocycles. The molecular formula is C11H15ClO2. The molecule has 3 heteroatoms. The molecule has 0 bridgehead atoms. The van der Waals surface area contributed by atoms with Crippen molar-refractivity contribution in [3.05, 3.63) is 28.8 Å². The highest BCUT2D eigenvalue weighted by Gasteiger charge is 2.05. The Morgan fingerprint density at radius 2 is 2.21 bits per heavy atom. The van der Waals surface area contributed by atoms with Crippen LogP contribution in [0.5, 0.6) is 5.75 Å². The molecule has 0 radical (unpaired) electrons. The van der Waals surface area contributed by atoms with Crippen molar-refractivity contribution in [1.29, 1.82) is 0 Å². The molecule has 0 amide bonds. The fraction of sp³-hybridized carbons (Fsp3) is 0.455. The SMILES string of the molecule is CCCOc1ccc([C@H](C)O)cc1Cl. The van der Waals surface area contributed by atoms with Crippen LogP contribution in [0.25, 0.3) is 0 Å². The average molecular weight is 215 g/mol. The van der Waals surface area contributed by atoms with E-state index in [1.54, 1.807) is 19.1 Å². The summed E-state index contributed by atoms with van der Waals surface area (Å²) in [6, 6.07) is 5.35. The number of rotatable bonds is 4. The third-order valence-electron chi connectivity index (χ3n) is 1.90. The Balaban J connectivity index is 2.79. The highest BCUT2D eigenvalue weighted by molar-refractivity contribution is 6.32. The summed E-state index contributed by atoms with van der Waals surface area (Å²) in [6.07, 6.45) is 0.460. The maximum absolute atomic E-state index is 9.32. The van der Waals surface area contributed by atoms with Gasteiger partial charge in [-0.3, -0.25) is 0 Å². The van der Waals surface area contributed by atoms with Gasteiger partial charge in [0.2, 0.25) is 0 Å². The van der Waals surface area contributed by atoms with Crippen LogP contribution in [0.15, 0.2) is 18.2 Å². The molecule has 1 N–H and O–H groups in total. The zero-order valence-electron chi connectivity index (χ0n) is 8.46. The van der Waals surface area contributed by atoms with Gasteiger partial charge in [0.15, 0.2) is 0 Å². The summed E-state index contributed by atoms with van der Waals surface area (Å²) in [5.74, 6) is 0.679. The van der Waals surface area contributed by atoms with Crippen molar-refractivity contribution in [1.82, 2.24) is 0 Å². The second kappa shape index (κ2) is 5.23. The van der Waals surface area contributed by atoms with Crippen LogP contribution < -0.4 is 4.74 Å². The number of ether oxygens (including phenoxy) is 1. The van der Waals surface area contributed by atoms with Gasteiger partial charge in [0.1, 0.15) is 5.75 Å². The maximum atomic E-state index is 9.32. The van der Waals surface area contributed by atoms with Crippen LogP contribution in [0.1, 0.15) is 31.9 Å². The highest BCUT2D eigenvalue weighted by atomic mass is 35.5. The maximum Gasteiger partial charge on any atom is 0.137 e. The van der Waals surface area contributed by atoms with Crippen LogP contribution >= 0.6 is 11.6 Å². The molecule has 0 unspecified atom stereocenters. The quantitative estimate of drug-likeness (QED) is 0.834. The Bertz CT molecular complexity index is 297. The minimum Gasteiger partial charge on any atom is -0.492 e. The van der Waals surface area contributed by atoms with E-state index in [4.69, 9.17) is 16.3 Å². The molecular weight excluding hydrogens is 200 g/mol. The number of aliphatic hydroxyl groups is 1. The van der Waals surface area contributed by atoms with Crippen molar-refractivity contribution in [3.63, 3.8) is 0 Å². The topological polar surface area (TPSA) is 29.5 Å². The second-order valence-corrected chi connectivity index (χ2v) is 3.62. The normalized spacial score (nSPS) is 12.6. The van der Waals surface area contributed by atoms with Gasteiger partial charge in [-0.2, -0.15) is 0 Å². The molecule has 1 aromatic carbocycles. The van der Waals surface area contributed by atoms with E-state index >= 15 is 0 Å². The zero-order chi connectivity index (χ0) is 10.6. The van der Waals surface area contributed by atoms with Crippen molar-refractivity contribution in [2.24, 2.45) is 0 Å². The fourth-order valence-corrected chi connectivity index (χ4v) is 1.35. The summed E-state index contributed by atoms with van der Waals surface area (Å²) in [4.78, 5) is 0. The number of aliphatic hydroxyl groups excluding tert-OH is 1. The number of hydrogen-bond acceptors (Lipinski definition) is 2. The Morgan fingerprint density at radius 1 is 1.50 bits per heavy atom. The van der Waals surface area contributed by atoms with Gasteiger partial charge >= 0.3 is 0 Å². The van der Waals surface area contributed by atoms with Crippen LogP contribution in [0.2, 0.25) is 5.02 Å². The highest BCUT2D eigenvalue weighted by Crippen LogP contribution is 2.27. The summed E-state index contributed by atoms with van der Waals surface area (Å²) in [5, 5.41) is 9.87. The summed E-state index contributed by atoms with van der Waals surface area (Å²) >= 11 is 5.97. The van der Waals surface area contributed by atoms with Gasteiger partial charge in [-0.25, -0.2) is 0 Å². The summed E-state index contributed by atoms with van der Waals surface area (Å²) in [5.41, 5.74) is 0.804. The lowest BCUT2D eigenvalue weighted by Crippen LogP contribution is -1.97. The van der Waals surface area contributed by atoms with Crippen molar-refractivity contribution in [2.45, 2.75) is 26.4 Å². The summed E-state index contributed by atoms with van der Waals surface area (Å²) < 4.78 is 5.41. The van der Waals surface area contributed by atoms with Gasteiger partial charge in [0.25, 0.3) is 0 Å². The first-order chi connectivity index (χ1) is 6.65. The molecule has 1 rings (SSSR count). The molecule has 1 aromatic rings. The van der Waals surface area contributed by atoms with E-state index in [1.165, 1.54) is 0 Å². The molecule has 0 aliphatic carbocycles. The summed E-state index contributed by atoms with van der Waals surface area (Å²) in [6.45, 7) is 4.41. The zero-order valence-corrected chi connectivity index (χ0v) is 9.21. The third kappa shape index (κ3) is 2.89. The number of hydrogen-bond donors (Lipinski definition) is 1. The van der Waals surface area contributed by atoms with Crippen LogP contribution in [-0.2, 0) is 0 Å². The Kier molecular flexibility index (Phi) is 4.23. The van der Waals surface area contributed by atoms with E-state index < -0.39 is 6.10 Å². The van der Waals surface area contributed by atoms with Crippen LogP contribution in [0.3, 0.4) is 0 Å². The van der Waals surface area contributed by atoms with Crippen LogP contribution in [0.4, 0.5) is 0 Å². The molecule has 0 fully saturated rings. The van der Waals surface area contributed by atoms with Gasteiger partial charge in [0.05, 0.1) is 17.7 Å². The van der Waals surface area contributed by atoms with Crippen LogP contribution in [0, 0.1) is 0 Å². The first-order valence-electron chi connectivity index (χ1n) is 4.75. The number of halogens is 1. The molecule has 0 aromatic heterocycles. The number of benzene rings is 1. The Hall–Kier alpha value is -0.730. The lowest BCUT2D eigenvalue weighted by atomic mass is 10.1. The molecule has 0 aliphatic heterocycles. The van der Waals surface area contributed by atoms with Crippen LogP contribution in [-0.4, -0.2) is 11.7 Å². The van der Waals surface area contributed by atoms with Gasteiger partial charge in [-0.15, -0.1) is 0 Å². The lowest BCUT2D eigenvalue weighted by Gasteiger charge is -2.09. The summed E-state index contributed by atoms with van der Waals surface area (Å²) in [7, 11) is 0. The Morgan fingerprint density at radius 3 is 2.71 bits per heavy atom. The van der Waals surface area contributed by atoms with E-state index in [1.807, 2.05) is 13.0 Å². The van der Waals surface area contributed by atoms with E-state index in [0.717, 1.165) is 12.0 Å². The van der Waals surface area contributed by atoms with Gasteiger partial charge in [0, 0.05) is 0 Å². The average Bonchev–Trinajstić information content (AvgIpc) is 2.15. The predicted molar refractivity (Wildman–Crippen MR) is 57.9 cm³/mol. The lowest BCUT2D eigenvalue weighted by molar-refractivity contribution is 0.199. The molecule has 2 nitrogen and oxygen atoms in total. The van der Waals surface area contributed by atoms with Crippen molar-refractivity contribution >= 4 is 11.6 Å². The van der Waals surface area contributed by atoms with E-state index in [2.05, 4.69) is 0 Å². The van der Waals surface area contributed by atoms with Gasteiger partial charge in [-0.05, 0) is 31.0 Å². The molecule has 0 spiro atoms. The second-order valence-electron chi connectivity index (χ2n) is 3.21. The molecule has 0 aliphatic rings. The minimum atomic E-state index is -0.493. The molecule has 0 saturated heterocycles. The first-order valence-corrected chi connectivity index (χ1v) is 5.13. The monoisotopic (exact) mass is 214 g/mol. The third-order valence-corrected chi connectivity index (χ3v) is 2.20. The smallest absolute Gasteiger partial charge is 0.137 e. The van der Waals surface area contributed by atoms with Gasteiger partial charge < -0.3 is 9.84 Å². The van der Waals surface area contributed by atoms with Crippen molar-refractivity contribution in [2.75, 3.05) is 6.61 Å². The minimum absolute atomic E-state index is 0.493.